The minimum atomic E-state index is -4.67. The minimum Gasteiger partial charge on any atom is -0.462 e. The molecular formula is C46H75O12P. The lowest BCUT2D eigenvalue weighted by atomic mass is 10.1. The maximum Gasteiger partial charge on any atom is 0.472 e. The molecule has 0 aliphatic carbocycles. The number of phosphoric acid groups is 1. The molecule has 0 heterocycles. The molecule has 336 valence electrons. The van der Waals surface area contributed by atoms with Gasteiger partial charge in [0, 0.05) is 12.8 Å². The topological polar surface area (TPSA) is 189 Å². The van der Waals surface area contributed by atoms with Crippen molar-refractivity contribution in [2.45, 2.75) is 154 Å². The van der Waals surface area contributed by atoms with Crippen LogP contribution in [0.15, 0.2) is 97.2 Å². The van der Waals surface area contributed by atoms with Crippen LogP contribution in [-0.4, -0.2) is 88.1 Å². The number of carbonyl (C=O) groups is 2. The van der Waals surface area contributed by atoms with Gasteiger partial charge < -0.3 is 34.8 Å². The van der Waals surface area contributed by atoms with Crippen LogP contribution in [0.5, 0.6) is 0 Å². The number of hydrogen-bond acceptors (Lipinski definition) is 11. The average Bonchev–Trinajstić information content (AvgIpc) is 3.21. The molecule has 0 aromatic rings. The summed E-state index contributed by atoms with van der Waals surface area (Å²) in [6.45, 7) is 1.92. The first-order valence-corrected chi connectivity index (χ1v) is 22.9. The standard InChI is InChI=1S/C46H75O12P/c1-3-5-7-8-9-10-11-12-13-14-15-16-17-22-30-36-46(52)58-44(40-57-59(53,54)56-38-43(50)37-47)39-55-45(51)35-29-21-19-18-20-26-32-42(49)34-28-24-23-27-33-41(48)31-25-6-4-2/h6,9-10,12-13,19-21,23-28,33-34,41-44,47-50H,3-5,7-8,11,14-18,22,29-32,35-40H2,1-2H3,(H,53,54)/b10-9-,13-12-,21-19-,24-23-,25-6-,26-20-,33-27+,34-28+/t41-,42+,43+,44-/m1/s1. The quantitative estimate of drug-likeness (QED) is 0.0130. The molecule has 0 rings (SSSR count). The fourth-order valence-corrected chi connectivity index (χ4v) is 5.84. The molecule has 0 saturated heterocycles. The Labute approximate surface area is 354 Å². The summed E-state index contributed by atoms with van der Waals surface area (Å²) in [5, 5.41) is 38.3. The van der Waals surface area contributed by atoms with Gasteiger partial charge in [0.1, 0.15) is 12.7 Å². The van der Waals surface area contributed by atoms with Crippen molar-refractivity contribution in [3.05, 3.63) is 97.2 Å². The third-order valence-electron chi connectivity index (χ3n) is 8.40. The summed E-state index contributed by atoms with van der Waals surface area (Å²) in [6, 6.07) is 0. The van der Waals surface area contributed by atoms with E-state index in [0.29, 0.717) is 32.1 Å². The summed E-state index contributed by atoms with van der Waals surface area (Å²) in [5.41, 5.74) is 0. The Balaban J connectivity index is 4.58. The van der Waals surface area contributed by atoms with Gasteiger partial charge in [0.05, 0.1) is 32.0 Å². The predicted molar refractivity (Wildman–Crippen MR) is 235 cm³/mol. The number of hydrogen-bond donors (Lipinski definition) is 5. The Morgan fingerprint density at radius 1 is 0.593 bits per heavy atom. The molecule has 0 radical (unpaired) electrons. The lowest BCUT2D eigenvalue weighted by molar-refractivity contribution is -0.161. The second-order valence-corrected chi connectivity index (χ2v) is 15.5. The lowest BCUT2D eigenvalue weighted by Gasteiger charge is -2.20. The molecule has 0 spiro atoms. The molecule has 0 amide bonds. The molecule has 0 aliphatic rings. The molecule has 13 heteroatoms. The molecule has 59 heavy (non-hydrogen) atoms. The third-order valence-corrected chi connectivity index (χ3v) is 9.35. The Kier molecular flexibility index (Phi) is 38.1. The number of phosphoric ester groups is 1. The van der Waals surface area contributed by atoms with E-state index < -0.39 is 70.6 Å². The fraction of sp³-hybridized carbons (Fsp3) is 0.609. The highest BCUT2D eigenvalue weighted by Gasteiger charge is 2.27. The number of esters is 2. The van der Waals surface area contributed by atoms with E-state index in [1.54, 1.807) is 36.5 Å². The van der Waals surface area contributed by atoms with E-state index in [2.05, 4.69) is 35.8 Å². The number of aliphatic hydroxyl groups is 4. The highest BCUT2D eigenvalue weighted by molar-refractivity contribution is 7.47. The van der Waals surface area contributed by atoms with Gasteiger partial charge in [-0.2, -0.15) is 0 Å². The van der Waals surface area contributed by atoms with Gasteiger partial charge in [-0.15, -0.1) is 0 Å². The summed E-state index contributed by atoms with van der Waals surface area (Å²) < 4.78 is 32.5. The predicted octanol–water partition coefficient (Wildman–Crippen LogP) is 9.16. The molecule has 5 N–H and O–H groups in total. The molecule has 0 aromatic carbocycles. The van der Waals surface area contributed by atoms with Gasteiger partial charge in [-0.05, 0) is 70.6 Å². The minimum absolute atomic E-state index is 0.0510. The van der Waals surface area contributed by atoms with Gasteiger partial charge in [-0.1, -0.05) is 143 Å². The lowest BCUT2D eigenvalue weighted by Crippen LogP contribution is -2.29. The molecule has 5 atom stereocenters. The van der Waals surface area contributed by atoms with E-state index in [9.17, 15) is 34.4 Å². The zero-order valence-corrected chi connectivity index (χ0v) is 36.5. The number of carbonyl (C=O) groups excluding carboxylic acids is 2. The second-order valence-electron chi connectivity index (χ2n) is 14.0. The molecule has 1 unspecified atom stereocenters. The van der Waals surface area contributed by atoms with Gasteiger partial charge >= 0.3 is 19.8 Å². The van der Waals surface area contributed by atoms with Crippen LogP contribution in [-0.2, 0) is 32.7 Å². The van der Waals surface area contributed by atoms with Crippen LogP contribution >= 0.6 is 7.82 Å². The highest BCUT2D eigenvalue weighted by atomic mass is 31.2. The molecule has 0 aliphatic heterocycles. The van der Waals surface area contributed by atoms with Gasteiger partial charge in [-0.25, -0.2) is 4.57 Å². The first-order chi connectivity index (χ1) is 28.5. The largest absolute Gasteiger partial charge is 0.472 e. The van der Waals surface area contributed by atoms with Crippen molar-refractivity contribution in [3.63, 3.8) is 0 Å². The first-order valence-electron chi connectivity index (χ1n) is 21.4. The van der Waals surface area contributed by atoms with E-state index in [4.69, 9.17) is 19.1 Å². The third kappa shape index (κ3) is 40.0. The van der Waals surface area contributed by atoms with E-state index in [0.717, 1.165) is 51.4 Å². The Morgan fingerprint density at radius 2 is 1.14 bits per heavy atom. The first kappa shape index (κ1) is 55.8. The molecule has 12 nitrogen and oxygen atoms in total. The Bertz CT molecular complexity index is 1330. The summed E-state index contributed by atoms with van der Waals surface area (Å²) in [4.78, 5) is 34.9. The van der Waals surface area contributed by atoms with Gasteiger partial charge in [0.25, 0.3) is 0 Å². The maximum atomic E-state index is 12.6. The van der Waals surface area contributed by atoms with E-state index in [1.165, 1.54) is 19.3 Å². The number of allylic oxidation sites excluding steroid dienone is 12. The number of rotatable bonds is 38. The van der Waals surface area contributed by atoms with Gasteiger partial charge in [0.2, 0.25) is 0 Å². The summed E-state index contributed by atoms with van der Waals surface area (Å²) >= 11 is 0. The Morgan fingerprint density at radius 3 is 1.75 bits per heavy atom. The van der Waals surface area contributed by atoms with Crippen molar-refractivity contribution in [3.8, 4) is 0 Å². The average molecular weight is 851 g/mol. The maximum absolute atomic E-state index is 12.6. The van der Waals surface area contributed by atoms with Crippen LogP contribution in [0.25, 0.3) is 0 Å². The van der Waals surface area contributed by atoms with Crippen LogP contribution in [0.2, 0.25) is 0 Å². The monoisotopic (exact) mass is 850 g/mol. The number of aliphatic hydroxyl groups excluding tert-OH is 4. The van der Waals surface area contributed by atoms with E-state index in [-0.39, 0.29) is 12.8 Å². The van der Waals surface area contributed by atoms with Gasteiger partial charge in [-0.3, -0.25) is 18.6 Å². The van der Waals surface area contributed by atoms with Crippen molar-refractivity contribution in [2.75, 3.05) is 26.4 Å². The number of unbranched alkanes of at least 4 members (excludes halogenated alkanes) is 8. The molecule has 0 bridgehead atoms. The molecule has 0 aromatic heterocycles. The SMILES string of the molecule is CC/C=C\C[C@@H](O)/C=C/C=C\C=C\[C@@H](O)C/C=C\C/C=C\CCC(=O)OC[C@H](COP(=O)(O)OC[C@@H](O)CO)OC(=O)CCCCCCC/C=C\C/C=C\CCCCC. The van der Waals surface area contributed by atoms with E-state index in [1.807, 2.05) is 43.4 Å². The zero-order valence-electron chi connectivity index (χ0n) is 35.6. The highest BCUT2D eigenvalue weighted by Crippen LogP contribution is 2.43. The summed E-state index contributed by atoms with van der Waals surface area (Å²) in [6.07, 6.45) is 41.6. The van der Waals surface area contributed by atoms with Crippen LogP contribution in [0.3, 0.4) is 0 Å². The van der Waals surface area contributed by atoms with Crippen LogP contribution < -0.4 is 0 Å². The molecular weight excluding hydrogens is 775 g/mol. The Hall–Kier alpha value is -3.19. The van der Waals surface area contributed by atoms with Crippen LogP contribution in [0.4, 0.5) is 0 Å². The van der Waals surface area contributed by atoms with E-state index >= 15 is 0 Å². The van der Waals surface area contributed by atoms with Crippen LogP contribution in [0, 0.1) is 0 Å². The smallest absolute Gasteiger partial charge is 0.462 e. The van der Waals surface area contributed by atoms with Crippen molar-refractivity contribution in [1.82, 2.24) is 0 Å². The van der Waals surface area contributed by atoms with Gasteiger partial charge in [0.15, 0.2) is 6.10 Å². The van der Waals surface area contributed by atoms with Crippen molar-refractivity contribution in [2.24, 2.45) is 0 Å². The van der Waals surface area contributed by atoms with Crippen molar-refractivity contribution >= 4 is 19.8 Å². The number of ether oxygens (including phenoxy) is 2. The molecule has 0 fully saturated rings. The summed E-state index contributed by atoms with van der Waals surface area (Å²) in [5.74, 6) is -1.12. The molecule has 0 saturated carbocycles. The second kappa shape index (κ2) is 40.2. The zero-order chi connectivity index (χ0) is 43.7. The normalized spacial score (nSPS) is 15.8. The van der Waals surface area contributed by atoms with Crippen molar-refractivity contribution in [1.29, 1.82) is 0 Å². The van der Waals surface area contributed by atoms with Crippen LogP contribution in [0.1, 0.15) is 129 Å². The fourth-order valence-electron chi connectivity index (χ4n) is 5.05. The van der Waals surface area contributed by atoms with Crippen molar-refractivity contribution < 1.29 is 58.0 Å². The summed E-state index contributed by atoms with van der Waals surface area (Å²) in [7, 11) is -4.67.